The number of ether oxygens (including phenoxy) is 1. The summed E-state index contributed by atoms with van der Waals surface area (Å²) in [5, 5.41) is 0. The van der Waals surface area contributed by atoms with Gasteiger partial charge in [-0.2, -0.15) is 0 Å². The summed E-state index contributed by atoms with van der Waals surface area (Å²) in [5.74, 6) is 0.137. The van der Waals surface area contributed by atoms with Crippen molar-refractivity contribution >= 4 is 11.9 Å². The van der Waals surface area contributed by atoms with Crippen LogP contribution in [0.3, 0.4) is 0 Å². The van der Waals surface area contributed by atoms with Crippen molar-refractivity contribution in [2.24, 2.45) is 0 Å². The predicted octanol–water partition coefficient (Wildman–Crippen LogP) is 2.92. The molecule has 102 valence electrons. The van der Waals surface area contributed by atoms with Crippen LogP contribution in [0.5, 0.6) is 0 Å². The van der Waals surface area contributed by atoms with Crippen molar-refractivity contribution in [3.63, 3.8) is 0 Å². The van der Waals surface area contributed by atoms with Gasteiger partial charge in [0.05, 0.1) is 0 Å². The highest BCUT2D eigenvalue weighted by atomic mass is 16.6. The number of allylic oxidation sites excluding steroid dienone is 2. The maximum Gasteiger partial charge on any atom is 0.410 e. The molecule has 0 saturated heterocycles. The van der Waals surface area contributed by atoms with Crippen molar-refractivity contribution in [1.82, 2.24) is 4.90 Å². The average molecular weight is 253 g/mol. The Kier molecular flexibility index (Phi) is 4.54. The van der Waals surface area contributed by atoms with Crippen LogP contribution in [0.4, 0.5) is 4.79 Å². The second-order valence-corrected chi connectivity index (χ2v) is 5.80. The standard InChI is InChI=1S/C14H23NO3/c1-10(11-6-7-11)12(16)8-9-15(5)13(17)18-14(2,3)4/h6-9H2,1-5H3. The number of carbonyl (C=O) groups is 2. The van der Waals surface area contributed by atoms with Crippen molar-refractivity contribution in [2.45, 2.75) is 52.6 Å². The zero-order valence-electron chi connectivity index (χ0n) is 12.0. The van der Waals surface area contributed by atoms with Gasteiger partial charge < -0.3 is 9.64 Å². The van der Waals surface area contributed by atoms with Gasteiger partial charge in [-0.1, -0.05) is 5.57 Å². The van der Waals surface area contributed by atoms with Crippen molar-refractivity contribution < 1.29 is 14.3 Å². The number of amides is 1. The SMILES string of the molecule is CC(C(=O)CCN(C)C(=O)OC(C)(C)C)=C1CC1. The van der Waals surface area contributed by atoms with Crippen LogP contribution in [0.2, 0.25) is 0 Å². The summed E-state index contributed by atoms with van der Waals surface area (Å²) in [4.78, 5) is 24.9. The van der Waals surface area contributed by atoms with Gasteiger partial charge in [0.15, 0.2) is 5.78 Å². The van der Waals surface area contributed by atoms with Crippen molar-refractivity contribution in [2.75, 3.05) is 13.6 Å². The molecule has 0 aliphatic heterocycles. The van der Waals surface area contributed by atoms with Gasteiger partial charge in [0.2, 0.25) is 0 Å². The third kappa shape index (κ3) is 4.90. The van der Waals surface area contributed by atoms with Crippen LogP contribution in [0.25, 0.3) is 0 Å². The van der Waals surface area contributed by atoms with E-state index in [0.717, 1.165) is 18.4 Å². The molecule has 1 fully saturated rings. The first-order valence-corrected chi connectivity index (χ1v) is 6.36. The quantitative estimate of drug-likeness (QED) is 0.724. The van der Waals surface area contributed by atoms with Crippen molar-refractivity contribution in [3.05, 3.63) is 11.1 Å². The molecule has 1 rings (SSSR count). The number of carbonyl (C=O) groups excluding carboxylic acids is 2. The summed E-state index contributed by atoms with van der Waals surface area (Å²) in [6.07, 6.45) is 2.09. The molecule has 1 saturated carbocycles. The first kappa shape index (κ1) is 14.7. The van der Waals surface area contributed by atoms with E-state index in [9.17, 15) is 9.59 Å². The van der Waals surface area contributed by atoms with E-state index in [1.54, 1.807) is 7.05 Å². The summed E-state index contributed by atoms with van der Waals surface area (Å²) in [7, 11) is 1.65. The summed E-state index contributed by atoms with van der Waals surface area (Å²) in [6.45, 7) is 7.75. The number of hydrogen-bond donors (Lipinski definition) is 0. The molecule has 1 aliphatic carbocycles. The number of ketones is 1. The lowest BCUT2D eigenvalue weighted by atomic mass is 10.1. The Hall–Kier alpha value is -1.32. The molecule has 0 radical (unpaired) electrons. The molecule has 0 atom stereocenters. The number of nitrogens with zero attached hydrogens (tertiary/aromatic N) is 1. The van der Waals surface area contributed by atoms with Gasteiger partial charge in [0.25, 0.3) is 0 Å². The summed E-state index contributed by atoms with van der Waals surface area (Å²) < 4.78 is 5.22. The Bertz CT molecular complexity index is 371. The zero-order valence-corrected chi connectivity index (χ0v) is 12.0. The van der Waals surface area contributed by atoms with E-state index in [4.69, 9.17) is 4.74 Å². The molecule has 0 aromatic rings. The van der Waals surface area contributed by atoms with E-state index < -0.39 is 5.60 Å². The number of Topliss-reactive ketones (excluding diaryl/α,β-unsaturated/α-hetero) is 1. The van der Waals surface area contributed by atoms with E-state index in [1.165, 1.54) is 10.5 Å². The highest BCUT2D eigenvalue weighted by molar-refractivity contribution is 5.96. The van der Waals surface area contributed by atoms with Gasteiger partial charge in [-0.3, -0.25) is 4.79 Å². The van der Waals surface area contributed by atoms with Gasteiger partial charge in [0, 0.05) is 20.0 Å². The minimum Gasteiger partial charge on any atom is -0.444 e. The molecule has 0 N–H and O–H groups in total. The lowest BCUT2D eigenvalue weighted by Crippen LogP contribution is -2.35. The molecule has 18 heavy (non-hydrogen) atoms. The Morgan fingerprint density at radius 3 is 2.28 bits per heavy atom. The highest BCUT2D eigenvalue weighted by Crippen LogP contribution is 2.31. The highest BCUT2D eigenvalue weighted by Gasteiger charge is 2.22. The van der Waals surface area contributed by atoms with Gasteiger partial charge in [-0.25, -0.2) is 4.79 Å². The van der Waals surface area contributed by atoms with Crippen LogP contribution in [0.15, 0.2) is 11.1 Å². The summed E-state index contributed by atoms with van der Waals surface area (Å²) in [5.41, 5.74) is 1.65. The van der Waals surface area contributed by atoms with Crippen LogP contribution >= 0.6 is 0 Å². The van der Waals surface area contributed by atoms with E-state index in [1.807, 2.05) is 27.7 Å². The molecule has 0 spiro atoms. The Morgan fingerprint density at radius 1 is 1.28 bits per heavy atom. The molecule has 4 nitrogen and oxygen atoms in total. The predicted molar refractivity (Wildman–Crippen MR) is 70.4 cm³/mol. The second kappa shape index (κ2) is 5.55. The molecular weight excluding hydrogens is 230 g/mol. The summed E-state index contributed by atoms with van der Waals surface area (Å²) in [6, 6.07) is 0. The van der Waals surface area contributed by atoms with Gasteiger partial charge in [-0.15, -0.1) is 0 Å². The van der Waals surface area contributed by atoms with Gasteiger partial charge in [0.1, 0.15) is 5.60 Å². The normalized spacial score (nSPS) is 14.2. The van der Waals surface area contributed by atoms with Gasteiger partial charge >= 0.3 is 6.09 Å². The van der Waals surface area contributed by atoms with Crippen LogP contribution in [-0.4, -0.2) is 36.0 Å². The van der Waals surface area contributed by atoms with E-state index in [2.05, 4.69) is 0 Å². The number of hydrogen-bond acceptors (Lipinski definition) is 3. The van der Waals surface area contributed by atoms with Gasteiger partial charge in [-0.05, 0) is 46.1 Å². The zero-order chi connectivity index (χ0) is 13.9. The molecule has 0 bridgehead atoms. The lowest BCUT2D eigenvalue weighted by Gasteiger charge is -2.24. The monoisotopic (exact) mass is 253 g/mol. The van der Waals surface area contributed by atoms with E-state index in [-0.39, 0.29) is 11.9 Å². The fourth-order valence-corrected chi connectivity index (χ4v) is 1.52. The van der Waals surface area contributed by atoms with Crippen LogP contribution in [-0.2, 0) is 9.53 Å². The minimum atomic E-state index is -0.499. The Labute approximate surface area is 109 Å². The Morgan fingerprint density at radius 2 is 1.83 bits per heavy atom. The molecule has 1 aliphatic rings. The van der Waals surface area contributed by atoms with Crippen LogP contribution < -0.4 is 0 Å². The molecule has 0 aromatic carbocycles. The average Bonchev–Trinajstić information content (AvgIpc) is 3.05. The Balaban J connectivity index is 2.37. The lowest BCUT2D eigenvalue weighted by molar-refractivity contribution is -0.115. The van der Waals surface area contributed by atoms with E-state index in [0.29, 0.717) is 13.0 Å². The summed E-state index contributed by atoms with van der Waals surface area (Å²) >= 11 is 0. The third-order valence-corrected chi connectivity index (χ3v) is 2.83. The molecule has 0 aromatic heterocycles. The molecule has 0 heterocycles. The molecule has 0 unspecified atom stereocenters. The van der Waals surface area contributed by atoms with Crippen molar-refractivity contribution in [3.8, 4) is 0 Å². The fraction of sp³-hybridized carbons (Fsp3) is 0.714. The number of rotatable bonds is 4. The third-order valence-electron chi connectivity index (χ3n) is 2.83. The first-order chi connectivity index (χ1) is 8.20. The topological polar surface area (TPSA) is 46.6 Å². The largest absolute Gasteiger partial charge is 0.444 e. The molecule has 4 heteroatoms. The van der Waals surface area contributed by atoms with Crippen LogP contribution in [0, 0.1) is 0 Å². The van der Waals surface area contributed by atoms with Crippen molar-refractivity contribution in [1.29, 1.82) is 0 Å². The fourth-order valence-electron chi connectivity index (χ4n) is 1.52. The second-order valence-electron chi connectivity index (χ2n) is 5.80. The maximum absolute atomic E-state index is 11.8. The molecular formula is C14H23NO3. The minimum absolute atomic E-state index is 0.137. The maximum atomic E-state index is 11.8. The van der Waals surface area contributed by atoms with Crippen LogP contribution in [0.1, 0.15) is 47.0 Å². The van der Waals surface area contributed by atoms with E-state index >= 15 is 0 Å². The molecule has 1 amide bonds. The smallest absolute Gasteiger partial charge is 0.410 e. The first-order valence-electron chi connectivity index (χ1n) is 6.36.